The number of fused-ring (bicyclic) bond motifs is 1. The van der Waals surface area contributed by atoms with Crippen molar-refractivity contribution >= 4 is 29.5 Å². The van der Waals surface area contributed by atoms with Gasteiger partial charge in [-0.15, -0.1) is 23.7 Å². The molecule has 1 atom stereocenters. The predicted octanol–water partition coefficient (Wildman–Crippen LogP) is 2.08. The van der Waals surface area contributed by atoms with Crippen LogP contribution in [0.15, 0.2) is 10.5 Å². The zero-order valence-corrected chi connectivity index (χ0v) is 9.11. The molecule has 1 aliphatic heterocycles. The summed E-state index contributed by atoms with van der Waals surface area (Å²) >= 11 is 1.63. The van der Waals surface area contributed by atoms with Gasteiger partial charge in [0.2, 0.25) is 0 Å². The highest BCUT2D eigenvalue weighted by Crippen LogP contribution is 2.27. The molecule has 1 unspecified atom stereocenters. The molecule has 0 bridgehead atoms. The monoisotopic (exact) mass is 218 g/mol. The minimum atomic E-state index is 0. The van der Waals surface area contributed by atoms with Crippen molar-refractivity contribution in [3.05, 3.63) is 16.1 Å². The second-order valence-electron chi connectivity index (χ2n) is 2.72. The van der Waals surface area contributed by atoms with E-state index in [0.717, 1.165) is 11.4 Å². The fraction of sp³-hybridized carbons (Fsp3) is 0.500. The molecule has 1 aromatic rings. The second-order valence-corrected chi connectivity index (χ2v) is 3.57. The molecule has 2 heterocycles. The number of ether oxygens (including phenoxy) is 1. The van der Waals surface area contributed by atoms with Crippen molar-refractivity contribution in [2.24, 2.45) is 4.99 Å². The van der Waals surface area contributed by atoms with Crippen LogP contribution >= 0.6 is 23.7 Å². The third-order valence-electron chi connectivity index (χ3n) is 2.01. The van der Waals surface area contributed by atoms with Crippen LogP contribution in [0.5, 0.6) is 0 Å². The van der Waals surface area contributed by atoms with Gasteiger partial charge in [0, 0.05) is 7.11 Å². The molecule has 13 heavy (non-hydrogen) atoms. The van der Waals surface area contributed by atoms with Crippen LogP contribution < -0.4 is 0 Å². The summed E-state index contributed by atoms with van der Waals surface area (Å²) in [5.41, 5.74) is 3.98. The first-order valence-electron chi connectivity index (χ1n) is 3.80. The van der Waals surface area contributed by atoms with Crippen LogP contribution in [-0.2, 0) is 4.74 Å². The van der Waals surface area contributed by atoms with E-state index in [4.69, 9.17) is 4.74 Å². The van der Waals surface area contributed by atoms with Crippen molar-refractivity contribution in [3.63, 3.8) is 0 Å². The molecule has 72 valence electrons. The lowest BCUT2D eigenvalue weighted by atomic mass is 10.1. The summed E-state index contributed by atoms with van der Waals surface area (Å²) in [4.78, 5) is 9.80. The molecule has 0 radical (unpaired) electrons. The number of nitrogens with zero attached hydrogens (tertiary/aromatic N) is 2. The van der Waals surface area contributed by atoms with Crippen molar-refractivity contribution < 1.29 is 4.74 Å². The van der Waals surface area contributed by atoms with Crippen LogP contribution in [0.1, 0.15) is 23.6 Å². The first-order chi connectivity index (χ1) is 5.83. The average molecular weight is 219 g/mol. The highest BCUT2D eigenvalue weighted by atomic mass is 35.5. The first kappa shape index (κ1) is 10.6. The van der Waals surface area contributed by atoms with Gasteiger partial charge in [0.05, 0.1) is 28.3 Å². The van der Waals surface area contributed by atoms with Gasteiger partial charge in [-0.05, 0) is 6.92 Å². The van der Waals surface area contributed by atoms with Gasteiger partial charge in [0.25, 0.3) is 0 Å². The van der Waals surface area contributed by atoms with Crippen LogP contribution in [0.4, 0.5) is 0 Å². The van der Waals surface area contributed by atoms with Crippen molar-refractivity contribution in [2.75, 3.05) is 13.7 Å². The van der Waals surface area contributed by atoms with Gasteiger partial charge >= 0.3 is 0 Å². The number of hydrogen-bond donors (Lipinski definition) is 0. The van der Waals surface area contributed by atoms with Gasteiger partial charge in [0.1, 0.15) is 6.10 Å². The third-order valence-corrected chi connectivity index (χ3v) is 2.96. The largest absolute Gasteiger partial charge is 0.373 e. The van der Waals surface area contributed by atoms with Crippen molar-refractivity contribution in [3.8, 4) is 0 Å². The highest BCUT2D eigenvalue weighted by molar-refractivity contribution is 7.12. The smallest absolute Gasteiger partial charge is 0.120 e. The van der Waals surface area contributed by atoms with E-state index < -0.39 is 0 Å². The molecule has 0 amide bonds. The molecule has 1 aromatic heterocycles. The van der Waals surface area contributed by atoms with Gasteiger partial charge in [-0.3, -0.25) is 4.99 Å². The van der Waals surface area contributed by atoms with Crippen LogP contribution in [0, 0.1) is 0 Å². The summed E-state index contributed by atoms with van der Waals surface area (Å²) < 4.78 is 5.26. The molecule has 0 fully saturated rings. The molecule has 2 rings (SSSR count). The third kappa shape index (κ3) is 1.75. The fourth-order valence-corrected chi connectivity index (χ4v) is 2.13. The molecule has 3 nitrogen and oxygen atoms in total. The summed E-state index contributed by atoms with van der Waals surface area (Å²) in [6, 6.07) is 0. The minimum Gasteiger partial charge on any atom is -0.373 e. The summed E-state index contributed by atoms with van der Waals surface area (Å²) in [7, 11) is 1.70. The Morgan fingerprint density at radius 2 is 2.38 bits per heavy atom. The Labute approximate surface area is 87.3 Å². The maximum absolute atomic E-state index is 5.26. The molecule has 0 aromatic carbocycles. The van der Waals surface area contributed by atoms with Crippen LogP contribution in [0.2, 0.25) is 0 Å². The summed E-state index contributed by atoms with van der Waals surface area (Å²) in [6.45, 7) is 2.72. The van der Waals surface area contributed by atoms with E-state index in [0.29, 0.717) is 6.54 Å². The van der Waals surface area contributed by atoms with E-state index in [9.17, 15) is 0 Å². The van der Waals surface area contributed by atoms with Crippen LogP contribution in [0.3, 0.4) is 0 Å². The lowest BCUT2D eigenvalue weighted by molar-refractivity contribution is 0.106. The number of methoxy groups -OCH3 is 1. The number of hydrogen-bond acceptors (Lipinski definition) is 4. The Kier molecular flexibility index (Phi) is 3.41. The number of rotatable bonds is 1. The predicted molar refractivity (Wildman–Crippen MR) is 56.2 cm³/mol. The lowest BCUT2D eigenvalue weighted by Gasteiger charge is -2.17. The van der Waals surface area contributed by atoms with Gasteiger partial charge < -0.3 is 4.74 Å². The number of halogens is 1. The van der Waals surface area contributed by atoms with Crippen LogP contribution in [0.25, 0.3) is 0 Å². The second kappa shape index (κ2) is 4.17. The first-order valence-corrected chi connectivity index (χ1v) is 4.68. The SMILES string of the molecule is COC1CN=C(C)c2scnc21.Cl. The van der Waals surface area contributed by atoms with Gasteiger partial charge in [0.15, 0.2) is 0 Å². The topological polar surface area (TPSA) is 34.5 Å². The van der Waals surface area contributed by atoms with E-state index in [1.807, 2.05) is 12.4 Å². The quantitative estimate of drug-likeness (QED) is 0.724. The van der Waals surface area contributed by atoms with Gasteiger partial charge in [-0.25, -0.2) is 4.98 Å². The number of aromatic nitrogens is 1. The summed E-state index contributed by atoms with van der Waals surface area (Å²) in [5, 5.41) is 0. The molecule has 0 aliphatic carbocycles. The highest BCUT2D eigenvalue weighted by Gasteiger charge is 2.22. The van der Waals surface area contributed by atoms with Crippen molar-refractivity contribution in [2.45, 2.75) is 13.0 Å². The Hall–Kier alpha value is -0.450. The lowest BCUT2D eigenvalue weighted by Crippen LogP contribution is -2.15. The molecule has 0 N–H and O–H groups in total. The summed E-state index contributed by atoms with van der Waals surface area (Å²) in [5.74, 6) is 0. The number of aliphatic imine (C=N–C) groups is 1. The molecule has 0 saturated carbocycles. The Bertz CT molecular complexity index is 324. The maximum atomic E-state index is 5.26. The van der Waals surface area contributed by atoms with Crippen molar-refractivity contribution in [1.82, 2.24) is 4.98 Å². The zero-order valence-electron chi connectivity index (χ0n) is 7.48. The standard InChI is InChI=1S/C8H10N2OS.ClH/c1-5-8-7(10-4-12-8)6(11-2)3-9-5;/h4,6H,3H2,1-2H3;1H. The van der Waals surface area contributed by atoms with Gasteiger partial charge in [-0.1, -0.05) is 0 Å². The van der Waals surface area contributed by atoms with E-state index >= 15 is 0 Å². The summed E-state index contributed by atoms with van der Waals surface area (Å²) in [6.07, 6.45) is 0.0648. The maximum Gasteiger partial charge on any atom is 0.120 e. The normalized spacial score (nSPS) is 20.2. The molecule has 0 saturated heterocycles. The zero-order chi connectivity index (χ0) is 8.55. The Morgan fingerprint density at radius 1 is 1.62 bits per heavy atom. The Balaban J connectivity index is 0.000000845. The van der Waals surface area contributed by atoms with Crippen molar-refractivity contribution in [1.29, 1.82) is 0 Å². The van der Waals surface area contributed by atoms with E-state index in [1.165, 1.54) is 4.88 Å². The molecular weight excluding hydrogens is 208 g/mol. The van der Waals surface area contributed by atoms with Crippen LogP contribution in [-0.4, -0.2) is 24.4 Å². The van der Waals surface area contributed by atoms with E-state index in [2.05, 4.69) is 9.98 Å². The average Bonchev–Trinajstić information content (AvgIpc) is 2.54. The molecule has 5 heteroatoms. The Morgan fingerprint density at radius 3 is 3.08 bits per heavy atom. The van der Waals surface area contributed by atoms with E-state index in [1.54, 1.807) is 18.4 Å². The molecule has 0 spiro atoms. The molecule has 1 aliphatic rings. The minimum absolute atomic E-state index is 0. The van der Waals surface area contributed by atoms with Gasteiger partial charge in [-0.2, -0.15) is 0 Å². The molecular formula is C8H11ClN2OS. The number of thiazole rings is 1. The van der Waals surface area contributed by atoms with E-state index in [-0.39, 0.29) is 18.5 Å². The fourth-order valence-electron chi connectivity index (χ4n) is 1.32.